The van der Waals surface area contributed by atoms with E-state index in [1.54, 1.807) is 30.3 Å². The molecule has 0 spiro atoms. The first-order valence-electron chi connectivity index (χ1n) is 23.8. The van der Waals surface area contributed by atoms with E-state index >= 15 is 0 Å². The van der Waals surface area contributed by atoms with Gasteiger partial charge in [0.15, 0.2) is 0 Å². The Morgan fingerprint density at radius 1 is 0.287 bits per heavy atom. The Balaban J connectivity index is 1.39. The van der Waals surface area contributed by atoms with E-state index < -0.39 is 58.0 Å². The van der Waals surface area contributed by atoms with Crippen LogP contribution in [0.2, 0.25) is 0 Å². The second-order valence-corrected chi connectivity index (χ2v) is 17.7. The molecule has 0 bridgehead atoms. The lowest BCUT2D eigenvalue weighted by atomic mass is 9.88. The largest absolute Gasteiger partial charge is 0.341 e. The number of hydrogen-bond acceptors (Lipinski definition) is 15. The molecule has 30 nitrogen and oxygen atoms in total. The number of aromatic nitrogens is 10. The van der Waals surface area contributed by atoms with Gasteiger partial charge in [0.05, 0.1) is 28.5 Å². The highest BCUT2D eigenvalue weighted by atomic mass is 16.2. The average molecular weight is 1080 g/mol. The summed E-state index contributed by atoms with van der Waals surface area (Å²) in [7, 11) is 6.83. The van der Waals surface area contributed by atoms with Crippen LogP contribution in [0.25, 0.3) is 110 Å². The first kappa shape index (κ1) is 50.3. The van der Waals surface area contributed by atoms with E-state index in [-0.39, 0.29) is 58.2 Å². The molecule has 10 amide bonds. The van der Waals surface area contributed by atoms with Gasteiger partial charge in [0.25, 0.3) is 27.8 Å². The van der Waals surface area contributed by atoms with Crippen molar-refractivity contribution in [1.82, 2.24) is 76.4 Å². The molecule has 0 saturated carbocycles. The van der Waals surface area contributed by atoms with Crippen LogP contribution in [0.1, 0.15) is 0 Å². The minimum atomic E-state index is -0.773. The highest BCUT2D eigenvalue weighted by molar-refractivity contribution is 6.49. The third-order valence-electron chi connectivity index (χ3n) is 13.0. The molecule has 0 atom stereocenters. The van der Waals surface area contributed by atoms with E-state index in [1.165, 1.54) is 65.6 Å². The minimum absolute atomic E-state index is 0.116. The summed E-state index contributed by atoms with van der Waals surface area (Å²) in [4.78, 5) is 167. The highest BCUT2D eigenvalue weighted by Crippen LogP contribution is 2.56. The Bertz CT molecular complexity index is 4040. The summed E-state index contributed by atoms with van der Waals surface area (Å²) in [5.74, 6) is -1.22. The molecule has 11 aromatic rings. The van der Waals surface area contributed by atoms with Crippen LogP contribution in [0, 0.1) is 0 Å². The van der Waals surface area contributed by atoms with Gasteiger partial charge in [-0.3, -0.25) is 50.6 Å². The fourth-order valence-electron chi connectivity index (χ4n) is 9.78. The third kappa shape index (κ3) is 8.85. The molecule has 0 aliphatic rings. The molecule has 0 fully saturated rings. The van der Waals surface area contributed by atoms with Crippen LogP contribution >= 0.6 is 0 Å². The van der Waals surface area contributed by atoms with Crippen LogP contribution in [-0.2, 0) is 0 Å². The normalized spacial score (nSPS) is 11.3. The van der Waals surface area contributed by atoms with Crippen molar-refractivity contribution in [3.8, 4) is 56.3 Å². The number of hydrogen-bond donors (Lipinski definition) is 15. The number of aromatic amines is 5. The van der Waals surface area contributed by atoms with E-state index in [0.717, 1.165) is 0 Å². The zero-order chi connectivity index (χ0) is 56.4. The molecule has 15 N–H and O–H groups in total. The van der Waals surface area contributed by atoms with Gasteiger partial charge in [0.1, 0.15) is 0 Å². The Hall–Kier alpha value is -11.9. The van der Waals surface area contributed by atoms with Crippen molar-refractivity contribution in [3.05, 3.63) is 112 Å². The van der Waals surface area contributed by atoms with Crippen molar-refractivity contribution in [3.63, 3.8) is 0 Å². The summed E-state index contributed by atoms with van der Waals surface area (Å²) in [6.45, 7) is 0. The predicted octanol–water partition coefficient (Wildman–Crippen LogP) is 3.27. The summed E-state index contributed by atoms with van der Waals surface area (Å²) in [5.41, 5.74) is -1.79. The number of carbonyl (C=O) groups is 5. The number of nitrogens with one attached hydrogen (secondary N) is 15. The molecule has 0 unspecified atom stereocenters. The Kier molecular flexibility index (Phi) is 12.2. The maximum atomic E-state index is 13.6. The zero-order valence-corrected chi connectivity index (χ0v) is 42.1. The van der Waals surface area contributed by atoms with Crippen molar-refractivity contribution in [1.29, 1.82) is 0 Å². The van der Waals surface area contributed by atoms with Crippen molar-refractivity contribution < 1.29 is 24.0 Å². The summed E-state index contributed by atoms with van der Waals surface area (Å²) >= 11 is 0. The van der Waals surface area contributed by atoms with Gasteiger partial charge in [0, 0.05) is 93.4 Å². The zero-order valence-electron chi connectivity index (χ0n) is 42.1. The topological polar surface area (TPSA) is 434 Å². The molecular formula is C50H40N20O10. The molecule has 80 heavy (non-hydrogen) atoms. The molecule has 6 aromatic carbocycles. The molecule has 11 rings (SSSR count). The number of amides is 10. The quantitative estimate of drug-likeness (QED) is 0.0874. The van der Waals surface area contributed by atoms with E-state index in [1.807, 2.05) is 0 Å². The summed E-state index contributed by atoms with van der Waals surface area (Å²) in [6.07, 6.45) is 0. The molecule has 5 heterocycles. The van der Waals surface area contributed by atoms with Crippen LogP contribution in [0.3, 0.4) is 0 Å². The lowest BCUT2D eigenvalue weighted by Gasteiger charge is -2.17. The molecule has 400 valence electrons. The summed E-state index contributed by atoms with van der Waals surface area (Å²) < 4.78 is 0. The van der Waals surface area contributed by atoms with E-state index in [9.17, 15) is 47.9 Å². The van der Waals surface area contributed by atoms with Crippen molar-refractivity contribution in [2.24, 2.45) is 0 Å². The van der Waals surface area contributed by atoms with Crippen LogP contribution < -0.4 is 81.0 Å². The number of urea groups is 5. The molecule has 30 heteroatoms. The monoisotopic (exact) mass is 1080 g/mol. The van der Waals surface area contributed by atoms with E-state index in [0.29, 0.717) is 81.7 Å². The van der Waals surface area contributed by atoms with Crippen LogP contribution in [0.5, 0.6) is 0 Å². The maximum absolute atomic E-state index is 13.6. The van der Waals surface area contributed by atoms with Gasteiger partial charge in [0.2, 0.25) is 29.7 Å². The van der Waals surface area contributed by atoms with Gasteiger partial charge in [-0.05, 0) is 84.2 Å². The van der Waals surface area contributed by atoms with Crippen LogP contribution in [0.15, 0.2) is 84.6 Å². The number of H-pyrrole nitrogens is 5. The number of carbonyl (C=O) groups excluding carboxylic acids is 5. The van der Waals surface area contributed by atoms with E-state index in [2.05, 4.69) is 103 Å². The number of nitrogens with zero attached hydrogens (tertiary/aromatic N) is 5. The fraction of sp³-hybridized carbons (Fsp3) is 0.100. The van der Waals surface area contributed by atoms with Gasteiger partial charge >= 0.3 is 30.2 Å². The van der Waals surface area contributed by atoms with Crippen molar-refractivity contribution >= 4 is 114 Å². The smallest absolute Gasteiger partial charge is 0.321 e. The standard InChI is InChI=1S/C50H40N20O10/c1-51-46(76)66-41-56-26(11-31(71)61-41)16-6-22-18(28-13-33(73)63-43(58-28)68-48(78)53-3)8-24-20(30-15-35(75)65-45(60-30)70-50(80)55-5)10-25-19(29-14-34(74)64-44(59-29)69-49(79)54-4)9-23-17(7-21(16)36-37(22)39(24)40(25)38(23)36)27-12-32(72)62-42(57-27)67-47(77)52-2/h6-15H,1-5H3,(H3,51,56,61,66,71,76)(H3,52,57,62,67,72,77)(H3,53,58,63,68,73,78)(H3,54,59,64,69,74,79)(H3,55,60,65,70,75,80). The van der Waals surface area contributed by atoms with Gasteiger partial charge < -0.3 is 51.5 Å². The van der Waals surface area contributed by atoms with Gasteiger partial charge in [-0.2, -0.15) is 24.9 Å². The van der Waals surface area contributed by atoms with Crippen molar-refractivity contribution in [2.75, 3.05) is 61.8 Å². The first-order valence-corrected chi connectivity index (χ1v) is 23.8. The predicted molar refractivity (Wildman–Crippen MR) is 297 cm³/mol. The highest BCUT2D eigenvalue weighted by Gasteiger charge is 2.31. The number of benzene rings is 5. The number of rotatable bonds is 10. The lowest BCUT2D eigenvalue weighted by Crippen LogP contribution is -2.27. The minimum Gasteiger partial charge on any atom is -0.341 e. The maximum Gasteiger partial charge on any atom is 0.321 e. The Morgan fingerprint density at radius 2 is 0.450 bits per heavy atom. The Labute approximate surface area is 443 Å². The SMILES string of the molecule is CNC(=O)Nc1nc(=O)cc(-c2cc3c(-c4cc(=O)nc(NC(=O)NC)[nH]4)cc4c(-c5cc(=O)nc(NC(=O)NC)[nH]5)cc5c(-c6cc(=O)nc(NC(=O)NC)[nH]6)cc6c(-c7cc(=O)nc(NC(=O)NC)[nH]7)cc2c2c6c5c4c32)[nH]1. The molecular weight excluding hydrogens is 1040 g/mol. The second-order valence-electron chi connectivity index (χ2n) is 17.7. The molecule has 0 aliphatic heterocycles. The summed E-state index contributed by atoms with van der Waals surface area (Å²) in [6, 6.07) is 11.1. The first-order chi connectivity index (χ1) is 38.4. The Morgan fingerprint density at radius 3 is 0.600 bits per heavy atom. The lowest BCUT2D eigenvalue weighted by molar-refractivity contribution is 0.253. The van der Waals surface area contributed by atoms with Crippen LogP contribution in [0.4, 0.5) is 53.7 Å². The number of anilines is 5. The average Bonchev–Trinajstić information content (AvgIpc) is 3.36. The second kappa shape index (κ2) is 19.4. The molecule has 5 aromatic heterocycles. The van der Waals surface area contributed by atoms with Gasteiger partial charge in [-0.1, -0.05) is 0 Å². The van der Waals surface area contributed by atoms with Crippen molar-refractivity contribution in [2.45, 2.75) is 0 Å². The fourth-order valence-corrected chi connectivity index (χ4v) is 9.78. The molecule has 0 radical (unpaired) electrons. The molecule has 0 aliphatic carbocycles. The summed E-state index contributed by atoms with van der Waals surface area (Å²) in [5, 5.41) is 29.2. The van der Waals surface area contributed by atoms with E-state index in [4.69, 9.17) is 0 Å². The van der Waals surface area contributed by atoms with Gasteiger partial charge in [-0.15, -0.1) is 0 Å². The van der Waals surface area contributed by atoms with Crippen LogP contribution in [-0.4, -0.2) is 115 Å². The van der Waals surface area contributed by atoms with Gasteiger partial charge in [-0.25, -0.2) is 24.0 Å². The molecule has 0 saturated heterocycles. The third-order valence-corrected chi connectivity index (χ3v) is 13.0.